The summed E-state index contributed by atoms with van der Waals surface area (Å²) in [6, 6.07) is 74.7. The Morgan fingerprint density at radius 1 is 0.387 bits per heavy atom. The van der Waals surface area contributed by atoms with Crippen molar-refractivity contribution in [3.05, 3.63) is 240 Å². The van der Waals surface area contributed by atoms with Crippen molar-refractivity contribution in [2.24, 2.45) is 5.10 Å². The number of benzene rings is 9. The van der Waals surface area contributed by atoms with Crippen LogP contribution in [0.25, 0.3) is 44.2 Å². The summed E-state index contributed by atoms with van der Waals surface area (Å²) in [5.74, 6) is 0. The molecular formula is C59H47N3. The van der Waals surface area contributed by atoms with E-state index in [1.807, 2.05) is 12.1 Å². The van der Waals surface area contributed by atoms with Crippen molar-refractivity contribution in [3.63, 3.8) is 0 Å². The molecule has 62 heavy (non-hydrogen) atoms. The maximum atomic E-state index is 5.02. The van der Waals surface area contributed by atoms with Crippen molar-refractivity contribution < 1.29 is 0 Å². The fourth-order valence-corrected chi connectivity index (χ4v) is 10.2. The van der Waals surface area contributed by atoms with Crippen molar-refractivity contribution in [2.45, 2.75) is 38.5 Å². The van der Waals surface area contributed by atoms with Crippen LogP contribution in [0.5, 0.6) is 0 Å². The molecule has 0 aliphatic heterocycles. The molecule has 11 rings (SSSR count). The van der Waals surface area contributed by atoms with Crippen molar-refractivity contribution in [3.8, 4) is 33.4 Å². The van der Waals surface area contributed by atoms with Gasteiger partial charge in [0.15, 0.2) is 0 Å². The largest absolute Gasteiger partial charge is 0.310 e. The zero-order chi connectivity index (χ0) is 42.0. The third-order valence-corrected chi connectivity index (χ3v) is 13.4. The summed E-state index contributed by atoms with van der Waals surface area (Å²) in [7, 11) is 0. The third kappa shape index (κ3) is 6.07. The van der Waals surface area contributed by atoms with E-state index in [2.05, 4.69) is 232 Å². The van der Waals surface area contributed by atoms with Crippen molar-refractivity contribution in [1.82, 2.24) is 0 Å². The number of hydrogen-bond donors (Lipinski definition) is 1. The Hall–Kier alpha value is -7.49. The Kier molecular flexibility index (Phi) is 8.83. The molecule has 0 radical (unpaired) electrons. The van der Waals surface area contributed by atoms with Gasteiger partial charge in [-0.3, -0.25) is 5.43 Å². The van der Waals surface area contributed by atoms with Crippen LogP contribution < -0.4 is 10.3 Å². The monoisotopic (exact) mass is 797 g/mol. The lowest BCUT2D eigenvalue weighted by molar-refractivity contribution is 0.660. The van der Waals surface area contributed by atoms with E-state index >= 15 is 0 Å². The van der Waals surface area contributed by atoms with E-state index in [9.17, 15) is 0 Å². The first-order chi connectivity index (χ1) is 30.3. The first-order valence-electron chi connectivity index (χ1n) is 21.6. The molecule has 0 aromatic heterocycles. The predicted molar refractivity (Wildman–Crippen MR) is 261 cm³/mol. The van der Waals surface area contributed by atoms with E-state index in [0.29, 0.717) is 0 Å². The summed E-state index contributed by atoms with van der Waals surface area (Å²) in [5, 5.41) is 7.30. The average Bonchev–Trinajstić information content (AvgIpc) is 3.69. The minimum absolute atomic E-state index is 0.114. The lowest BCUT2D eigenvalue weighted by atomic mass is 9.82. The van der Waals surface area contributed by atoms with Crippen LogP contribution >= 0.6 is 0 Å². The molecule has 0 atom stereocenters. The van der Waals surface area contributed by atoms with Gasteiger partial charge >= 0.3 is 0 Å². The maximum absolute atomic E-state index is 5.02. The van der Waals surface area contributed by atoms with E-state index in [0.717, 1.165) is 50.5 Å². The number of nitrogens with zero attached hydrogens (tertiary/aromatic N) is 2. The molecule has 0 spiro atoms. The Labute approximate surface area is 364 Å². The first-order valence-corrected chi connectivity index (χ1v) is 21.6. The second-order valence-corrected chi connectivity index (χ2v) is 17.7. The molecule has 0 amide bonds. The normalized spacial score (nSPS) is 13.7. The molecule has 0 saturated carbocycles. The molecule has 3 nitrogen and oxygen atoms in total. The first kappa shape index (κ1) is 37.5. The van der Waals surface area contributed by atoms with Gasteiger partial charge in [0.1, 0.15) is 0 Å². The number of hydrogen-bond acceptors (Lipinski definition) is 3. The van der Waals surface area contributed by atoms with Gasteiger partial charge in [0.2, 0.25) is 0 Å². The fraction of sp³-hybridized carbons (Fsp3) is 0.102. The Balaban J connectivity index is 0.993. The van der Waals surface area contributed by atoms with Gasteiger partial charge in [0, 0.05) is 44.4 Å². The Morgan fingerprint density at radius 3 is 1.40 bits per heavy atom. The minimum atomic E-state index is -0.114. The molecule has 0 unspecified atom stereocenters. The topological polar surface area (TPSA) is 27.6 Å². The van der Waals surface area contributed by atoms with Gasteiger partial charge in [-0.25, -0.2) is 0 Å². The zero-order valence-electron chi connectivity index (χ0n) is 35.5. The molecule has 298 valence electrons. The highest BCUT2D eigenvalue weighted by molar-refractivity contribution is 6.13. The van der Waals surface area contributed by atoms with Crippen LogP contribution in [0.1, 0.15) is 61.1 Å². The number of nitrogens with one attached hydrogen (secondary N) is 1. The minimum Gasteiger partial charge on any atom is -0.310 e. The fourth-order valence-electron chi connectivity index (χ4n) is 10.2. The van der Waals surface area contributed by atoms with Gasteiger partial charge in [-0.2, -0.15) is 5.10 Å². The lowest BCUT2D eigenvalue weighted by Crippen LogP contribution is -2.18. The van der Waals surface area contributed by atoms with E-state index in [4.69, 9.17) is 5.10 Å². The van der Waals surface area contributed by atoms with Crippen LogP contribution in [0.3, 0.4) is 0 Å². The average molecular weight is 798 g/mol. The van der Waals surface area contributed by atoms with Gasteiger partial charge in [-0.05, 0) is 103 Å². The van der Waals surface area contributed by atoms with Gasteiger partial charge in [-0.1, -0.05) is 191 Å². The maximum Gasteiger partial charge on any atom is 0.0977 e. The molecule has 9 aromatic rings. The molecule has 0 saturated heterocycles. The summed E-state index contributed by atoms with van der Waals surface area (Å²) in [6.07, 6.45) is 0. The van der Waals surface area contributed by atoms with Crippen molar-refractivity contribution >= 4 is 39.2 Å². The quantitative estimate of drug-likeness (QED) is 0.122. The third-order valence-electron chi connectivity index (χ3n) is 13.4. The van der Waals surface area contributed by atoms with Crippen LogP contribution in [0.15, 0.2) is 211 Å². The highest BCUT2D eigenvalue weighted by Gasteiger charge is 2.37. The predicted octanol–water partition coefficient (Wildman–Crippen LogP) is 15.5. The molecular weight excluding hydrogens is 751 g/mol. The number of fused-ring (bicyclic) bond motifs is 7. The molecule has 3 heteroatoms. The van der Waals surface area contributed by atoms with E-state index < -0.39 is 0 Å². The zero-order valence-corrected chi connectivity index (χ0v) is 35.5. The molecule has 0 fully saturated rings. The summed E-state index contributed by atoms with van der Waals surface area (Å²) < 4.78 is 0. The smallest absolute Gasteiger partial charge is 0.0977 e. The second kappa shape index (κ2) is 14.6. The van der Waals surface area contributed by atoms with Gasteiger partial charge in [0.25, 0.3) is 0 Å². The molecule has 0 heterocycles. The van der Waals surface area contributed by atoms with Gasteiger partial charge < -0.3 is 4.90 Å². The van der Waals surface area contributed by atoms with Crippen LogP contribution in [-0.4, -0.2) is 5.71 Å². The van der Waals surface area contributed by atoms with Crippen LogP contribution in [-0.2, 0) is 10.8 Å². The summed E-state index contributed by atoms with van der Waals surface area (Å²) in [4.78, 5) is 2.45. The SMILES string of the molecule is CC1(C)c2ccccc2-c2ccc(N(c3ccc(-c4cccc5c(NN=C(c6ccccc6)c6ccccc6)cccc45)cc3)c3ccc4c(c3)C(C)(C)c3ccccc3-4)cc21. The molecule has 0 bridgehead atoms. The lowest BCUT2D eigenvalue weighted by Gasteiger charge is -2.30. The van der Waals surface area contributed by atoms with Crippen LogP contribution in [0.2, 0.25) is 0 Å². The van der Waals surface area contributed by atoms with Gasteiger partial charge in [-0.15, -0.1) is 0 Å². The summed E-state index contributed by atoms with van der Waals surface area (Å²) >= 11 is 0. The van der Waals surface area contributed by atoms with Crippen LogP contribution in [0.4, 0.5) is 22.7 Å². The standard InChI is InChI=1S/C59H47N3/c1-58(2)52-26-13-11-21-47(52)49-35-33-43(37-54(49)58)62(44-34-36-50-48-22-12-14-27-53(48)59(3,4)55(50)38-44)42-31-29-39(30-32-42)45-23-15-25-51-46(45)24-16-28-56(51)60-61-57(40-17-7-5-8-18-40)41-19-9-6-10-20-41/h5-38,60H,1-4H3. The molecule has 2 aliphatic rings. The molecule has 1 N–H and O–H groups in total. The molecule has 9 aromatic carbocycles. The Morgan fingerprint density at radius 2 is 0.839 bits per heavy atom. The highest BCUT2D eigenvalue weighted by atomic mass is 15.3. The van der Waals surface area contributed by atoms with Crippen molar-refractivity contribution in [1.29, 1.82) is 0 Å². The second-order valence-electron chi connectivity index (χ2n) is 17.7. The number of hydrazone groups is 1. The number of rotatable bonds is 8. The summed E-state index contributed by atoms with van der Waals surface area (Å²) in [5.41, 5.74) is 23.7. The van der Waals surface area contributed by atoms with E-state index in [1.54, 1.807) is 0 Å². The van der Waals surface area contributed by atoms with Crippen LogP contribution in [0, 0.1) is 0 Å². The molecule has 2 aliphatic carbocycles. The Bertz CT molecular complexity index is 3050. The van der Waals surface area contributed by atoms with Crippen molar-refractivity contribution in [2.75, 3.05) is 10.3 Å². The van der Waals surface area contributed by atoms with Gasteiger partial charge in [0.05, 0.1) is 11.4 Å². The number of anilines is 4. The highest BCUT2D eigenvalue weighted by Crippen LogP contribution is 2.53. The van der Waals surface area contributed by atoms with E-state index in [1.165, 1.54) is 55.5 Å². The van der Waals surface area contributed by atoms with E-state index in [-0.39, 0.29) is 10.8 Å². The summed E-state index contributed by atoms with van der Waals surface area (Å²) in [6.45, 7) is 9.44.